The van der Waals surface area contributed by atoms with Crippen molar-refractivity contribution in [1.82, 2.24) is 0 Å². The number of fused-ring (bicyclic) bond motifs is 1. The van der Waals surface area contributed by atoms with E-state index in [-0.39, 0.29) is 34.4 Å². The van der Waals surface area contributed by atoms with Gasteiger partial charge in [0.25, 0.3) is 0 Å². The van der Waals surface area contributed by atoms with E-state index in [2.05, 4.69) is 12.2 Å². The minimum Gasteiger partial charge on any atom is -0.478 e. The second kappa shape index (κ2) is 7.67. The summed E-state index contributed by atoms with van der Waals surface area (Å²) in [5, 5.41) is 13.0. The van der Waals surface area contributed by atoms with Gasteiger partial charge < -0.3 is 15.3 Å². The molecule has 8 heteroatoms. The first-order valence-electron chi connectivity index (χ1n) is 10.3. The van der Waals surface area contributed by atoms with E-state index in [1.165, 1.54) is 12.3 Å². The smallest absolute Gasteiger partial charge is 0.335 e. The Bertz CT molecular complexity index is 1140. The molecule has 164 valence electrons. The van der Waals surface area contributed by atoms with Crippen LogP contribution in [0.3, 0.4) is 0 Å². The van der Waals surface area contributed by atoms with Crippen molar-refractivity contribution in [3.8, 4) is 0 Å². The van der Waals surface area contributed by atoms with Gasteiger partial charge in [-0.2, -0.15) is 0 Å². The molecule has 2 aromatic carbocycles. The van der Waals surface area contributed by atoms with Crippen LogP contribution < -0.4 is 10.2 Å². The van der Waals surface area contributed by atoms with Gasteiger partial charge in [0.05, 0.1) is 16.5 Å². The van der Waals surface area contributed by atoms with Crippen LogP contribution in [0.15, 0.2) is 47.4 Å². The van der Waals surface area contributed by atoms with E-state index in [0.29, 0.717) is 5.92 Å². The molecular weight excluding hydrogens is 416 g/mol. The third-order valence-corrected chi connectivity index (χ3v) is 7.41. The van der Waals surface area contributed by atoms with E-state index in [0.717, 1.165) is 29.8 Å². The molecule has 0 unspecified atom stereocenters. The number of sulfone groups is 1. The monoisotopic (exact) mass is 442 g/mol. The van der Waals surface area contributed by atoms with Gasteiger partial charge in [-0.05, 0) is 66.8 Å². The van der Waals surface area contributed by atoms with Crippen molar-refractivity contribution in [3.05, 3.63) is 53.6 Å². The summed E-state index contributed by atoms with van der Waals surface area (Å²) in [6.45, 7) is 3.63. The van der Waals surface area contributed by atoms with Crippen LogP contribution in [0.4, 0.5) is 11.4 Å². The standard InChI is InChI=1S/C23H26N2O5S/c1-13-21(24-17-7-9-18(10-8-17)31(3,29)30)19-12-16(23(27)28)6-11-20(19)25(14(2)26)22(13)15-4-5-15/h6-13,15,21-22,24H,4-5H2,1-3H3,(H,27,28)/t13-,21-,22-/m1/s1. The van der Waals surface area contributed by atoms with E-state index in [4.69, 9.17) is 0 Å². The highest BCUT2D eigenvalue weighted by molar-refractivity contribution is 7.90. The van der Waals surface area contributed by atoms with Crippen molar-refractivity contribution >= 4 is 33.1 Å². The van der Waals surface area contributed by atoms with Crippen LogP contribution in [0.5, 0.6) is 0 Å². The summed E-state index contributed by atoms with van der Waals surface area (Å²) in [7, 11) is -3.29. The van der Waals surface area contributed by atoms with E-state index in [1.807, 2.05) is 4.90 Å². The predicted octanol–water partition coefficient (Wildman–Crippen LogP) is 3.72. The molecule has 0 spiro atoms. The highest BCUT2D eigenvalue weighted by Crippen LogP contribution is 2.50. The van der Waals surface area contributed by atoms with Crippen molar-refractivity contribution < 1.29 is 23.1 Å². The molecule has 3 atom stereocenters. The first-order chi connectivity index (χ1) is 14.6. The van der Waals surface area contributed by atoms with Gasteiger partial charge in [-0.25, -0.2) is 13.2 Å². The summed E-state index contributed by atoms with van der Waals surface area (Å²) < 4.78 is 23.5. The summed E-state index contributed by atoms with van der Waals surface area (Å²) in [6.07, 6.45) is 3.30. The molecule has 1 heterocycles. The number of carbonyl (C=O) groups is 2. The number of carbonyl (C=O) groups excluding carboxylic acids is 1. The molecule has 0 bridgehead atoms. The van der Waals surface area contributed by atoms with Gasteiger partial charge in [0.15, 0.2) is 9.84 Å². The zero-order chi connectivity index (χ0) is 22.5. The van der Waals surface area contributed by atoms with Gasteiger partial charge in [-0.15, -0.1) is 0 Å². The van der Waals surface area contributed by atoms with Crippen LogP contribution >= 0.6 is 0 Å². The molecule has 1 fully saturated rings. The fourth-order valence-corrected chi connectivity index (χ4v) is 5.31. The molecule has 1 saturated carbocycles. The first-order valence-corrected chi connectivity index (χ1v) is 12.2. The molecule has 31 heavy (non-hydrogen) atoms. The second-order valence-corrected chi connectivity index (χ2v) is 10.6. The average Bonchev–Trinajstić information content (AvgIpc) is 3.53. The number of nitrogens with one attached hydrogen (secondary N) is 1. The normalized spacial score (nSPS) is 23.2. The molecule has 2 aliphatic rings. The van der Waals surface area contributed by atoms with Gasteiger partial charge in [-0.3, -0.25) is 4.79 Å². The van der Waals surface area contributed by atoms with E-state index >= 15 is 0 Å². The quantitative estimate of drug-likeness (QED) is 0.731. The van der Waals surface area contributed by atoms with Crippen molar-refractivity contribution in [2.24, 2.45) is 11.8 Å². The summed E-state index contributed by atoms with van der Waals surface area (Å²) >= 11 is 0. The van der Waals surface area contributed by atoms with Crippen molar-refractivity contribution in [2.75, 3.05) is 16.5 Å². The largest absolute Gasteiger partial charge is 0.478 e. The van der Waals surface area contributed by atoms with E-state index in [1.54, 1.807) is 43.3 Å². The first kappa shape index (κ1) is 21.4. The second-order valence-electron chi connectivity index (χ2n) is 8.57. The third kappa shape index (κ3) is 4.04. The molecule has 1 aliphatic heterocycles. The molecule has 2 N–H and O–H groups in total. The van der Waals surface area contributed by atoms with Crippen LogP contribution in [0.25, 0.3) is 0 Å². The lowest BCUT2D eigenvalue weighted by Crippen LogP contribution is -2.51. The van der Waals surface area contributed by atoms with Gasteiger partial charge in [0.2, 0.25) is 5.91 Å². The lowest BCUT2D eigenvalue weighted by Gasteiger charge is -2.46. The molecular formula is C23H26N2O5S. The minimum absolute atomic E-state index is 0.0217. The highest BCUT2D eigenvalue weighted by Gasteiger charge is 2.47. The molecule has 0 aromatic heterocycles. The zero-order valence-corrected chi connectivity index (χ0v) is 18.5. The summed E-state index contributed by atoms with van der Waals surface area (Å²) in [5.74, 6) is -0.625. The van der Waals surface area contributed by atoms with Crippen LogP contribution in [0.1, 0.15) is 48.7 Å². The van der Waals surface area contributed by atoms with Gasteiger partial charge in [0.1, 0.15) is 0 Å². The van der Waals surface area contributed by atoms with Crippen LogP contribution in [-0.2, 0) is 14.6 Å². The Balaban J connectivity index is 1.78. The molecule has 2 aromatic rings. The Hall–Kier alpha value is -2.87. The van der Waals surface area contributed by atoms with Crippen molar-refractivity contribution in [2.45, 2.75) is 43.7 Å². The maximum absolute atomic E-state index is 12.6. The maximum Gasteiger partial charge on any atom is 0.335 e. The number of aromatic carboxylic acids is 1. The maximum atomic E-state index is 12.6. The molecule has 1 amide bonds. The summed E-state index contributed by atoms with van der Waals surface area (Å²) in [6, 6.07) is 11.2. The Kier molecular flexibility index (Phi) is 5.29. The highest BCUT2D eigenvalue weighted by atomic mass is 32.2. The number of amides is 1. The Labute approximate surface area is 182 Å². The predicted molar refractivity (Wildman–Crippen MR) is 118 cm³/mol. The lowest BCUT2D eigenvalue weighted by molar-refractivity contribution is -0.117. The van der Waals surface area contributed by atoms with Gasteiger partial charge >= 0.3 is 5.97 Å². The van der Waals surface area contributed by atoms with Crippen molar-refractivity contribution in [3.63, 3.8) is 0 Å². The topological polar surface area (TPSA) is 104 Å². The van der Waals surface area contributed by atoms with Gasteiger partial charge in [-0.1, -0.05) is 6.92 Å². The number of carboxylic acid groups (broad SMARTS) is 1. The number of benzene rings is 2. The number of nitrogens with zero attached hydrogens (tertiary/aromatic N) is 1. The van der Waals surface area contributed by atoms with Crippen LogP contribution in [0.2, 0.25) is 0 Å². The van der Waals surface area contributed by atoms with E-state index in [9.17, 15) is 23.1 Å². The lowest BCUT2D eigenvalue weighted by atomic mass is 9.79. The summed E-state index contributed by atoms with van der Waals surface area (Å²) in [4.78, 5) is 26.3. The average molecular weight is 443 g/mol. The Morgan fingerprint density at radius 3 is 2.26 bits per heavy atom. The fourth-order valence-electron chi connectivity index (χ4n) is 4.68. The van der Waals surface area contributed by atoms with Gasteiger partial charge in [0, 0.05) is 36.5 Å². The van der Waals surface area contributed by atoms with E-state index < -0.39 is 15.8 Å². The molecule has 0 radical (unpaired) electrons. The van der Waals surface area contributed by atoms with Crippen molar-refractivity contribution in [1.29, 1.82) is 0 Å². The molecule has 4 rings (SSSR count). The van der Waals surface area contributed by atoms with Crippen LogP contribution in [0, 0.1) is 11.8 Å². The molecule has 7 nitrogen and oxygen atoms in total. The number of hydrogen-bond acceptors (Lipinski definition) is 5. The number of hydrogen-bond donors (Lipinski definition) is 2. The number of carboxylic acids is 1. The minimum atomic E-state index is -3.29. The summed E-state index contributed by atoms with van der Waals surface area (Å²) in [5.41, 5.74) is 2.39. The SMILES string of the molecule is CC(=O)N1c2ccc(C(=O)O)cc2[C@H](Nc2ccc(S(C)(=O)=O)cc2)[C@@H](C)[C@@H]1C1CC1. The molecule has 0 saturated heterocycles. The molecule has 1 aliphatic carbocycles. The Morgan fingerprint density at radius 1 is 1.10 bits per heavy atom. The zero-order valence-electron chi connectivity index (χ0n) is 17.7. The number of anilines is 2. The van der Waals surface area contributed by atoms with Crippen LogP contribution in [-0.4, -0.2) is 37.7 Å². The number of rotatable bonds is 5. The third-order valence-electron chi connectivity index (χ3n) is 6.28. The Morgan fingerprint density at radius 2 is 1.74 bits per heavy atom. The fraction of sp³-hybridized carbons (Fsp3) is 0.391.